The van der Waals surface area contributed by atoms with Crippen molar-refractivity contribution in [1.29, 1.82) is 0 Å². The van der Waals surface area contributed by atoms with Crippen LogP contribution in [0.2, 0.25) is 0 Å². The number of hydrogen-bond acceptors (Lipinski definition) is 6. The number of rotatable bonds is 7. The second-order valence-corrected chi connectivity index (χ2v) is 8.97. The molecule has 0 atom stereocenters. The van der Waals surface area contributed by atoms with E-state index in [0.717, 1.165) is 66.8 Å². The lowest BCUT2D eigenvalue weighted by atomic mass is 9.84. The fourth-order valence-electron chi connectivity index (χ4n) is 4.98. The number of ether oxygens (including phenoxy) is 3. The van der Waals surface area contributed by atoms with Crippen molar-refractivity contribution in [1.82, 2.24) is 14.6 Å². The molecule has 1 aromatic carbocycles. The number of anilines is 1. The van der Waals surface area contributed by atoms with Crippen LogP contribution in [0.15, 0.2) is 40.9 Å². The molecule has 2 fully saturated rings. The summed E-state index contributed by atoms with van der Waals surface area (Å²) in [5.74, 6) is 2.71. The summed E-state index contributed by atoms with van der Waals surface area (Å²) in [4.78, 5) is 12.7. The predicted molar refractivity (Wildman–Crippen MR) is 130 cm³/mol. The number of benzene rings is 1. The van der Waals surface area contributed by atoms with Gasteiger partial charge >= 0.3 is 11.6 Å². The summed E-state index contributed by atoms with van der Waals surface area (Å²) in [6.45, 7) is 2.56. The zero-order valence-corrected chi connectivity index (χ0v) is 19.0. The van der Waals surface area contributed by atoms with E-state index >= 15 is 0 Å². The monoisotopic (exact) mass is 451 g/mol. The van der Waals surface area contributed by atoms with E-state index < -0.39 is 0 Å². The number of nitrogens with two attached hydrogens (primary N) is 1. The lowest BCUT2D eigenvalue weighted by molar-refractivity contribution is 0.118. The summed E-state index contributed by atoms with van der Waals surface area (Å²) in [6, 6.07) is 7.72. The highest BCUT2D eigenvalue weighted by molar-refractivity contribution is 6.10. The van der Waals surface area contributed by atoms with Gasteiger partial charge in [-0.05, 0) is 54.8 Å². The van der Waals surface area contributed by atoms with Crippen molar-refractivity contribution in [3.8, 4) is 5.75 Å². The number of pyridine rings is 1. The molecule has 0 amide bonds. The maximum absolute atomic E-state index is 12.7. The molecule has 3 N–H and O–H groups in total. The van der Waals surface area contributed by atoms with Crippen molar-refractivity contribution in [2.45, 2.75) is 44.7 Å². The standard InChI is InChI=1S/C25H30N4O4/c1-31-19-6-7-20-21(26)14-24(30)29(22(20)13-19)9-8-16-2-4-17(5-3-16)27-15-18-12-23-25(28-18)33-11-10-32-23/h6-7,12-14,16-17,27H,2-5,8-11,15H2,1H3,(H-,26,30)/p+1. The van der Waals surface area contributed by atoms with Gasteiger partial charge < -0.3 is 29.8 Å². The molecule has 8 nitrogen and oxygen atoms in total. The topological polar surface area (TPSA) is 102 Å². The van der Waals surface area contributed by atoms with Crippen LogP contribution in [0.1, 0.15) is 32.1 Å². The smallest absolute Gasteiger partial charge is 0.497 e. The summed E-state index contributed by atoms with van der Waals surface area (Å²) >= 11 is 0. The Kier molecular flexibility index (Phi) is 6.11. The van der Waals surface area contributed by atoms with E-state index in [9.17, 15) is 4.79 Å². The Bertz CT molecular complexity index is 1200. The zero-order valence-electron chi connectivity index (χ0n) is 19.0. The lowest BCUT2D eigenvalue weighted by Crippen LogP contribution is -2.36. The third-order valence-corrected chi connectivity index (χ3v) is 6.86. The third kappa shape index (κ3) is 4.63. The zero-order chi connectivity index (χ0) is 22.8. The number of aryl methyl sites for hydroxylation is 1. The molecule has 33 heavy (non-hydrogen) atoms. The minimum absolute atomic E-state index is 0.0542. The van der Waals surface area contributed by atoms with Crippen LogP contribution in [0.25, 0.3) is 10.9 Å². The van der Waals surface area contributed by atoms with E-state index in [-0.39, 0.29) is 5.56 Å². The molecule has 5 rings (SSSR count). The molecule has 1 aliphatic carbocycles. The van der Waals surface area contributed by atoms with E-state index in [4.69, 9.17) is 19.9 Å². The highest BCUT2D eigenvalue weighted by atomic mass is 16.6. The van der Waals surface area contributed by atoms with E-state index in [1.165, 1.54) is 6.07 Å². The van der Waals surface area contributed by atoms with Crippen molar-refractivity contribution in [3.05, 3.63) is 46.5 Å². The lowest BCUT2D eigenvalue weighted by Gasteiger charge is -2.29. The summed E-state index contributed by atoms with van der Waals surface area (Å²) in [7, 11) is 1.63. The fraction of sp³-hybridized carbons (Fsp3) is 0.480. The number of nitrogens with zero attached hydrogens (tertiary/aromatic N) is 2. The molecule has 0 bridgehead atoms. The van der Waals surface area contributed by atoms with Crippen molar-refractivity contribution < 1.29 is 14.2 Å². The van der Waals surface area contributed by atoms with Gasteiger partial charge in [0.15, 0.2) is 0 Å². The van der Waals surface area contributed by atoms with Gasteiger partial charge in [-0.3, -0.25) is 4.79 Å². The normalized spacial score (nSPS) is 22.0. The van der Waals surface area contributed by atoms with Crippen LogP contribution in [0, 0.1) is 5.92 Å². The number of hydrogen-bond donors (Lipinski definition) is 2. The fourth-order valence-corrected chi connectivity index (χ4v) is 4.98. The number of fused-ring (bicyclic) bond motifs is 2. The Morgan fingerprint density at radius 2 is 2.00 bits per heavy atom. The Hall–Kier alpha value is -3.22. The average molecular weight is 452 g/mol. The highest BCUT2D eigenvalue weighted by Gasteiger charge is 2.33. The molecule has 2 aromatic rings. The first kappa shape index (κ1) is 21.6. The molecule has 3 heterocycles. The Balaban J connectivity index is 1.16. The van der Waals surface area contributed by atoms with Gasteiger partial charge in [0.1, 0.15) is 19.0 Å². The van der Waals surface area contributed by atoms with E-state index in [2.05, 4.69) is 9.98 Å². The predicted octanol–water partition coefficient (Wildman–Crippen LogP) is 1.98. The molecular formula is C25H31N4O4+. The van der Waals surface area contributed by atoms with E-state index in [1.54, 1.807) is 7.11 Å². The van der Waals surface area contributed by atoms with Crippen LogP contribution in [-0.4, -0.2) is 49.1 Å². The van der Waals surface area contributed by atoms with Gasteiger partial charge in [0, 0.05) is 35.8 Å². The van der Waals surface area contributed by atoms with Gasteiger partial charge in [-0.25, -0.2) is 0 Å². The van der Waals surface area contributed by atoms with Gasteiger partial charge in [-0.15, -0.1) is 0 Å². The Labute approximate surface area is 192 Å². The SMILES string of the molecule is COc1ccc2c(N)cc(=O)n(CCC3CCC(NCC4=[N+]=C5OCCOC5=C4)CC3)c2c1. The van der Waals surface area contributed by atoms with Crippen molar-refractivity contribution in [2.75, 3.05) is 32.6 Å². The first-order valence-corrected chi connectivity index (χ1v) is 11.7. The second kappa shape index (κ2) is 9.33. The molecule has 174 valence electrons. The van der Waals surface area contributed by atoms with E-state index in [0.29, 0.717) is 43.3 Å². The maximum atomic E-state index is 12.7. The first-order valence-electron chi connectivity index (χ1n) is 11.7. The van der Waals surface area contributed by atoms with Gasteiger partial charge in [0.2, 0.25) is 0 Å². The number of nitrogens with one attached hydrogen (secondary N) is 1. The quantitative estimate of drug-likeness (QED) is 0.625. The van der Waals surface area contributed by atoms with Crippen molar-refractivity contribution >= 4 is 28.2 Å². The number of methoxy groups -OCH3 is 1. The van der Waals surface area contributed by atoms with Crippen LogP contribution in [0.4, 0.5) is 5.69 Å². The largest absolute Gasteiger partial charge is 0.530 e. The third-order valence-electron chi connectivity index (χ3n) is 6.86. The molecular weight excluding hydrogens is 420 g/mol. The molecule has 2 aliphatic heterocycles. The van der Waals surface area contributed by atoms with Crippen LogP contribution in [0.3, 0.4) is 0 Å². The van der Waals surface area contributed by atoms with Gasteiger partial charge in [-0.1, -0.05) is 0 Å². The van der Waals surface area contributed by atoms with Crippen molar-refractivity contribution in [3.63, 3.8) is 0 Å². The van der Waals surface area contributed by atoms with Crippen LogP contribution in [-0.2, 0) is 16.0 Å². The molecule has 1 saturated carbocycles. The summed E-state index contributed by atoms with van der Waals surface area (Å²) in [5.41, 5.74) is 8.36. The van der Waals surface area contributed by atoms with Crippen molar-refractivity contribution in [2.24, 2.45) is 5.92 Å². The average Bonchev–Trinajstić information content (AvgIpc) is 3.26. The molecule has 3 aliphatic rings. The summed E-state index contributed by atoms with van der Waals surface area (Å²) in [5, 5.41) is 4.53. The summed E-state index contributed by atoms with van der Waals surface area (Å²) in [6.07, 6.45) is 7.51. The number of aromatic nitrogens is 1. The molecule has 0 unspecified atom stereocenters. The van der Waals surface area contributed by atoms with Gasteiger partial charge in [0.05, 0.1) is 25.2 Å². The van der Waals surface area contributed by atoms with Crippen LogP contribution in [0.5, 0.6) is 5.75 Å². The molecule has 0 radical (unpaired) electrons. The van der Waals surface area contributed by atoms with Gasteiger partial charge in [0.25, 0.3) is 11.3 Å². The Morgan fingerprint density at radius 1 is 1.18 bits per heavy atom. The second-order valence-electron chi connectivity index (χ2n) is 8.97. The highest BCUT2D eigenvalue weighted by Crippen LogP contribution is 2.29. The molecule has 0 spiro atoms. The van der Waals surface area contributed by atoms with Crippen LogP contribution < -0.4 is 26.0 Å². The van der Waals surface area contributed by atoms with E-state index in [1.807, 2.05) is 28.8 Å². The molecule has 1 aromatic heterocycles. The van der Waals surface area contributed by atoms with Gasteiger partial charge in [-0.2, -0.15) is 0 Å². The minimum Gasteiger partial charge on any atom is -0.497 e. The van der Waals surface area contributed by atoms with Crippen LogP contribution >= 0.6 is 0 Å². The maximum Gasteiger partial charge on any atom is 0.530 e. The molecule has 8 heteroatoms. The minimum atomic E-state index is -0.0542. The molecule has 1 saturated heterocycles. The number of nitrogen functional groups attached to an aromatic ring is 1. The first-order chi connectivity index (χ1) is 16.1. The Morgan fingerprint density at radius 3 is 2.79 bits per heavy atom. The summed E-state index contributed by atoms with van der Waals surface area (Å²) < 4.78 is 22.8.